The van der Waals surface area contributed by atoms with Crippen molar-refractivity contribution in [2.75, 3.05) is 36.5 Å². The summed E-state index contributed by atoms with van der Waals surface area (Å²) in [6, 6.07) is 18.7. The van der Waals surface area contributed by atoms with Crippen molar-refractivity contribution in [2.24, 2.45) is 0 Å². The third-order valence-electron chi connectivity index (χ3n) is 6.77. The fourth-order valence-electron chi connectivity index (χ4n) is 4.83. The van der Waals surface area contributed by atoms with Gasteiger partial charge in [0.15, 0.2) is 0 Å². The number of rotatable bonds is 4. The number of carbonyl (C=O) groups excluding carboxylic acids is 2. The van der Waals surface area contributed by atoms with Crippen LogP contribution in [0, 0.1) is 0 Å². The number of fused-ring (bicyclic) bond motifs is 1. The van der Waals surface area contributed by atoms with Gasteiger partial charge in [0.05, 0.1) is 30.2 Å². The first kappa shape index (κ1) is 24.8. The molecule has 0 saturated carbocycles. The average Bonchev–Trinajstić information content (AvgIpc) is 2.92. The van der Waals surface area contributed by atoms with E-state index in [2.05, 4.69) is 5.32 Å². The number of alkyl halides is 3. The molecule has 192 valence electrons. The SMILES string of the molecule is O=C(Nc1cc(C(F)(F)F)ccc1N1CCOCC1)C1Cc2ccccc2CN1C(=O)c1ccccc1. The van der Waals surface area contributed by atoms with Crippen molar-refractivity contribution in [3.8, 4) is 0 Å². The lowest BCUT2D eigenvalue weighted by atomic mass is 9.92. The van der Waals surface area contributed by atoms with E-state index in [1.54, 1.807) is 30.3 Å². The van der Waals surface area contributed by atoms with Crippen LogP contribution in [0.3, 0.4) is 0 Å². The molecule has 37 heavy (non-hydrogen) atoms. The molecule has 2 aliphatic rings. The predicted molar refractivity (Wildman–Crippen MR) is 133 cm³/mol. The van der Waals surface area contributed by atoms with Crippen LogP contribution in [0.15, 0.2) is 72.8 Å². The van der Waals surface area contributed by atoms with E-state index in [9.17, 15) is 22.8 Å². The Morgan fingerprint density at radius 2 is 1.57 bits per heavy atom. The summed E-state index contributed by atoms with van der Waals surface area (Å²) in [5.74, 6) is -0.847. The lowest BCUT2D eigenvalue weighted by molar-refractivity contribution is -0.137. The van der Waals surface area contributed by atoms with E-state index in [4.69, 9.17) is 4.74 Å². The van der Waals surface area contributed by atoms with Crippen LogP contribution in [0.5, 0.6) is 0 Å². The van der Waals surface area contributed by atoms with Gasteiger partial charge in [-0.2, -0.15) is 13.2 Å². The second kappa shape index (κ2) is 10.3. The van der Waals surface area contributed by atoms with Crippen molar-refractivity contribution in [3.05, 3.63) is 95.1 Å². The van der Waals surface area contributed by atoms with Crippen molar-refractivity contribution in [3.63, 3.8) is 0 Å². The highest BCUT2D eigenvalue weighted by atomic mass is 19.4. The van der Waals surface area contributed by atoms with Gasteiger partial charge in [0.2, 0.25) is 5.91 Å². The Labute approximate surface area is 212 Å². The van der Waals surface area contributed by atoms with Gasteiger partial charge in [-0.3, -0.25) is 9.59 Å². The normalized spacial score (nSPS) is 17.8. The number of morpholine rings is 1. The van der Waals surface area contributed by atoms with Crippen molar-refractivity contribution in [2.45, 2.75) is 25.2 Å². The van der Waals surface area contributed by atoms with E-state index in [1.807, 2.05) is 29.2 Å². The third-order valence-corrected chi connectivity index (χ3v) is 6.77. The fraction of sp³-hybridized carbons (Fsp3) is 0.286. The Balaban J connectivity index is 1.49. The highest BCUT2D eigenvalue weighted by Gasteiger charge is 2.36. The Morgan fingerprint density at radius 1 is 0.892 bits per heavy atom. The van der Waals surface area contributed by atoms with Crippen LogP contribution in [0.2, 0.25) is 0 Å². The number of ether oxygens (including phenoxy) is 1. The van der Waals surface area contributed by atoms with Crippen LogP contribution >= 0.6 is 0 Å². The summed E-state index contributed by atoms with van der Waals surface area (Å²) in [5.41, 5.74) is 1.99. The minimum atomic E-state index is -4.57. The molecule has 6 nitrogen and oxygen atoms in total. The van der Waals surface area contributed by atoms with Gasteiger partial charge in [0, 0.05) is 31.6 Å². The number of nitrogens with zero attached hydrogens (tertiary/aromatic N) is 2. The molecule has 5 rings (SSSR count). The molecule has 0 aliphatic carbocycles. The highest BCUT2D eigenvalue weighted by molar-refractivity contribution is 6.03. The summed E-state index contributed by atoms with van der Waals surface area (Å²) >= 11 is 0. The molecule has 0 spiro atoms. The minimum Gasteiger partial charge on any atom is -0.378 e. The molecule has 3 aromatic rings. The minimum absolute atomic E-state index is 0.0627. The fourth-order valence-corrected chi connectivity index (χ4v) is 4.83. The van der Waals surface area contributed by atoms with Gasteiger partial charge >= 0.3 is 6.18 Å². The van der Waals surface area contributed by atoms with Gasteiger partial charge in [-0.1, -0.05) is 42.5 Å². The van der Waals surface area contributed by atoms with Crippen LogP contribution < -0.4 is 10.2 Å². The van der Waals surface area contributed by atoms with Gasteiger partial charge in [0.1, 0.15) is 6.04 Å². The van der Waals surface area contributed by atoms with Crippen LogP contribution in [0.4, 0.5) is 24.5 Å². The zero-order valence-electron chi connectivity index (χ0n) is 20.0. The molecule has 0 radical (unpaired) electrons. The predicted octanol–water partition coefficient (Wildman–Crippen LogP) is 4.75. The first-order chi connectivity index (χ1) is 17.8. The first-order valence-electron chi connectivity index (χ1n) is 12.1. The van der Waals surface area contributed by atoms with Crippen molar-refractivity contribution < 1.29 is 27.5 Å². The molecule has 3 aromatic carbocycles. The zero-order valence-corrected chi connectivity index (χ0v) is 20.0. The molecule has 2 amide bonds. The molecule has 9 heteroatoms. The van der Waals surface area contributed by atoms with Gasteiger partial charge in [-0.15, -0.1) is 0 Å². The number of benzene rings is 3. The second-order valence-electron chi connectivity index (χ2n) is 9.11. The monoisotopic (exact) mass is 509 g/mol. The maximum Gasteiger partial charge on any atom is 0.416 e. The summed E-state index contributed by atoms with van der Waals surface area (Å²) in [7, 11) is 0. The quantitative estimate of drug-likeness (QED) is 0.552. The summed E-state index contributed by atoms with van der Waals surface area (Å²) in [6.45, 7) is 2.08. The number of hydrogen-bond acceptors (Lipinski definition) is 4. The maximum absolute atomic E-state index is 13.7. The molecular formula is C28H26F3N3O3. The Morgan fingerprint density at radius 3 is 2.27 bits per heavy atom. The van der Waals surface area contributed by atoms with Crippen LogP contribution in [0.1, 0.15) is 27.0 Å². The largest absolute Gasteiger partial charge is 0.416 e. The van der Waals surface area contributed by atoms with Crippen LogP contribution in [-0.2, 0) is 28.7 Å². The third kappa shape index (κ3) is 5.32. The van der Waals surface area contributed by atoms with E-state index < -0.39 is 23.7 Å². The van der Waals surface area contributed by atoms with E-state index in [1.165, 1.54) is 11.0 Å². The molecule has 1 saturated heterocycles. The van der Waals surface area contributed by atoms with Crippen molar-refractivity contribution in [1.82, 2.24) is 4.90 Å². The molecule has 0 aromatic heterocycles. The molecule has 1 fully saturated rings. The van der Waals surface area contributed by atoms with E-state index in [0.717, 1.165) is 23.3 Å². The van der Waals surface area contributed by atoms with Gasteiger partial charge < -0.3 is 19.9 Å². The standard InChI is InChI=1S/C28H26F3N3O3/c29-28(30,31)22-10-11-24(33-12-14-37-15-13-33)23(17-22)32-26(35)25-16-20-8-4-5-9-21(20)18-34(25)27(36)19-6-2-1-3-7-19/h1-11,17,25H,12-16,18H2,(H,32,35). The summed E-state index contributed by atoms with van der Waals surface area (Å²) in [5, 5.41) is 2.74. The van der Waals surface area contributed by atoms with Gasteiger partial charge in [-0.05, 0) is 41.5 Å². The van der Waals surface area contributed by atoms with E-state index >= 15 is 0 Å². The lowest BCUT2D eigenvalue weighted by Gasteiger charge is -2.36. The number of anilines is 2. The Bertz CT molecular complexity index is 1290. The summed E-state index contributed by atoms with van der Waals surface area (Å²) in [4.78, 5) is 30.5. The Kier molecular flexibility index (Phi) is 6.88. The van der Waals surface area contributed by atoms with Crippen LogP contribution in [-0.4, -0.2) is 49.1 Å². The van der Waals surface area contributed by atoms with Crippen LogP contribution in [0.25, 0.3) is 0 Å². The zero-order chi connectivity index (χ0) is 26.0. The number of amides is 2. The average molecular weight is 510 g/mol. The van der Waals surface area contributed by atoms with Crippen molar-refractivity contribution in [1.29, 1.82) is 0 Å². The molecule has 1 atom stereocenters. The maximum atomic E-state index is 13.7. The number of nitrogens with one attached hydrogen (secondary N) is 1. The first-order valence-corrected chi connectivity index (χ1v) is 12.1. The topological polar surface area (TPSA) is 61.9 Å². The molecule has 2 aliphatic heterocycles. The summed E-state index contributed by atoms with van der Waals surface area (Å²) in [6.07, 6.45) is -4.31. The van der Waals surface area contributed by atoms with E-state index in [0.29, 0.717) is 37.6 Å². The number of carbonyl (C=O) groups is 2. The summed E-state index contributed by atoms with van der Waals surface area (Å²) < 4.78 is 46.0. The molecule has 1 unspecified atom stereocenters. The molecule has 2 heterocycles. The van der Waals surface area contributed by atoms with Gasteiger partial charge in [-0.25, -0.2) is 0 Å². The van der Waals surface area contributed by atoms with Crippen molar-refractivity contribution >= 4 is 23.2 Å². The second-order valence-corrected chi connectivity index (χ2v) is 9.11. The molecular weight excluding hydrogens is 483 g/mol. The molecule has 1 N–H and O–H groups in total. The van der Waals surface area contributed by atoms with E-state index in [-0.39, 0.29) is 24.6 Å². The Hall–Kier alpha value is -3.85. The number of hydrogen-bond donors (Lipinski definition) is 1. The smallest absolute Gasteiger partial charge is 0.378 e. The highest BCUT2D eigenvalue weighted by Crippen LogP contribution is 2.36. The number of halogens is 3. The lowest BCUT2D eigenvalue weighted by Crippen LogP contribution is -2.50. The molecule has 0 bridgehead atoms. The van der Waals surface area contributed by atoms with Gasteiger partial charge in [0.25, 0.3) is 5.91 Å².